The van der Waals surface area contributed by atoms with Crippen molar-refractivity contribution < 1.29 is 29.4 Å². The third kappa shape index (κ3) is 4.82. The van der Waals surface area contributed by atoms with Crippen LogP contribution in [0.15, 0.2) is 0 Å². The standard InChI is InChI=1S/C10H15N3O6/c14-7-4-12(3-1-2-11-7)10(19)13(5-8(15)16)6-9(17)18/h1-6H2,(H,11,14)(H,15,16)(H,17,18). The van der Waals surface area contributed by atoms with Gasteiger partial charge in [-0.2, -0.15) is 0 Å². The van der Waals surface area contributed by atoms with E-state index in [9.17, 15) is 19.2 Å². The molecule has 0 aromatic carbocycles. The monoisotopic (exact) mass is 273 g/mol. The summed E-state index contributed by atoms with van der Waals surface area (Å²) >= 11 is 0. The van der Waals surface area contributed by atoms with Crippen LogP contribution in [0.1, 0.15) is 6.42 Å². The Morgan fingerprint density at radius 2 is 1.79 bits per heavy atom. The van der Waals surface area contributed by atoms with Crippen LogP contribution in [0.5, 0.6) is 0 Å². The third-order valence-electron chi connectivity index (χ3n) is 2.45. The van der Waals surface area contributed by atoms with Gasteiger partial charge in [-0.05, 0) is 6.42 Å². The Kier molecular flexibility index (Phi) is 5.10. The summed E-state index contributed by atoms with van der Waals surface area (Å²) in [6.07, 6.45) is 0.533. The molecule has 1 heterocycles. The van der Waals surface area contributed by atoms with Crippen molar-refractivity contribution >= 4 is 23.9 Å². The molecule has 9 nitrogen and oxygen atoms in total. The molecule has 0 atom stereocenters. The van der Waals surface area contributed by atoms with Gasteiger partial charge in [0.05, 0.1) is 0 Å². The lowest BCUT2D eigenvalue weighted by atomic mass is 10.4. The highest BCUT2D eigenvalue weighted by Crippen LogP contribution is 2.03. The van der Waals surface area contributed by atoms with Gasteiger partial charge in [0.25, 0.3) is 0 Å². The summed E-state index contributed by atoms with van der Waals surface area (Å²) in [4.78, 5) is 46.4. The van der Waals surface area contributed by atoms with Crippen LogP contribution >= 0.6 is 0 Å². The van der Waals surface area contributed by atoms with Gasteiger partial charge in [0.2, 0.25) is 5.91 Å². The van der Waals surface area contributed by atoms with Crippen LogP contribution in [-0.2, 0) is 14.4 Å². The minimum Gasteiger partial charge on any atom is -0.480 e. The number of carbonyl (C=O) groups excluding carboxylic acids is 2. The number of rotatable bonds is 4. The Labute approximate surface area is 108 Å². The lowest BCUT2D eigenvalue weighted by molar-refractivity contribution is -0.140. The molecule has 3 amide bonds. The summed E-state index contributed by atoms with van der Waals surface area (Å²) in [5, 5.41) is 19.9. The molecule has 0 aromatic rings. The van der Waals surface area contributed by atoms with E-state index in [1.54, 1.807) is 0 Å². The fourth-order valence-electron chi connectivity index (χ4n) is 1.69. The van der Waals surface area contributed by atoms with Gasteiger partial charge in [0, 0.05) is 13.1 Å². The van der Waals surface area contributed by atoms with Crippen molar-refractivity contribution in [2.24, 2.45) is 0 Å². The molecule has 0 aliphatic carbocycles. The molecule has 9 heteroatoms. The molecule has 106 valence electrons. The van der Waals surface area contributed by atoms with E-state index in [-0.39, 0.29) is 19.0 Å². The number of aliphatic carboxylic acids is 2. The second-order valence-corrected chi connectivity index (χ2v) is 4.05. The van der Waals surface area contributed by atoms with E-state index < -0.39 is 31.1 Å². The van der Waals surface area contributed by atoms with E-state index in [0.29, 0.717) is 17.9 Å². The fraction of sp³-hybridized carbons (Fsp3) is 0.600. The summed E-state index contributed by atoms with van der Waals surface area (Å²) < 4.78 is 0. The molecule has 1 aliphatic rings. The van der Waals surface area contributed by atoms with E-state index in [2.05, 4.69) is 5.32 Å². The lowest BCUT2D eigenvalue weighted by Crippen LogP contribution is -2.49. The zero-order valence-corrected chi connectivity index (χ0v) is 10.2. The predicted molar refractivity (Wildman–Crippen MR) is 61.4 cm³/mol. The summed E-state index contributed by atoms with van der Waals surface area (Å²) in [5.74, 6) is -2.97. The van der Waals surface area contributed by atoms with E-state index in [0.717, 1.165) is 4.90 Å². The van der Waals surface area contributed by atoms with Crippen molar-refractivity contribution in [3.63, 3.8) is 0 Å². The number of carbonyl (C=O) groups is 4. The number of urea groups is 1. The summed E-state index contributed by atoms with van der Waals surface area (Å²) in [5.41, 5.74) is 0. The first-order chi connectivity index (χ1) is 8.90. The second kappa shape index (κ2) is 6.57. The predicted octanol–water partition coefficient (Wildman–Crippen LogP) is -1.60. The molecule has 19 heavy (non-hydrogen) atoms. The maximum atomic E-state index is 12.0. The van der Waals surface area contributed by atoms with E-state index in [1.165, 1.54) is 0 Å². The van der Waals surface area contributed by atoms with Crippen molar-refractivity contribution in [3.05, 3.63) is 0 Å². The van der Waals surface area contributed by atoms with Gasteiger partial charge < -0.3 is 25.3 Å². The molecule has 0 spiro atoms. The number of nitrogens with one attached hydrogen (secondary N) is 1. The largest absolute Gasteiger partial charge is 0.480 e. The fourth-order valence-corrected chi connectivity index (χ4v) is 1.69. The van der Waals surface area contributed by atoms with Crippen molar-refractivity contribution in [1.29, 1.82) is 0 Å². The van der Waals surface area contributed by atoms with Gasteiger partial charge in [-0.15, -0.1) is 0 Å². The molecule has 1 rings (SSSR count). The van der Waals surface area contributed by atoms with Crippen LogP contribution < -0.4 is 5.32 Å². The van der Waals surface area contributed by atoms with Gasteiger partial charge in [0.15, 0.2) is 0 Å². The van der Waals surface area contributed by atoms with Crippen molar-refractivity contribution in [2.75, 3.05) is 32.7 Å². The molecule has 3 N–H and O–H groups in total. The average Bonchev–Trinajstić information content (AvgIpc) is 2.50. The smallest absolute Gasteiger partial charge is 0.323 e. The van der Waals surface area contributed by atoms with Crippen LogP contribution in [0, 0.1) is 0 Å². The minimum absolute atomic E-state index is 0.200. The number of carboxylic acids is 2. The third-order valence-corrected chi connectivity index (χ3v) is 2.45. The second-order valence-electron chi connectivity index (χ2n) is 4.05. The Morgan fingerprint density at radius 1 is 1.21 bits per heavy atom. The zero-order chi connectivity index (χ0) is 14.4. The Balaban J connectivity index is 2.75. The zero-order valence-electron chi connectivity index (χ0n) is 10.2. The summed E-state index contributed by atoms with van der Waals surface area (Å²) in [6.45, 7) is -0.936. The molecular weight excluding hydrogens is 258 g/mol. The van der Waals surface area contributed by atoms with Gasteiger partial charge in [0.1, 0.15) is 19.6 Å². The maximum absolute atomic E-state index is 12.0. The van der Waals surface area contributed by atoms with Crippen molar-refractivity contribution in [2.45, 2.75) is 6.42 Å². The molecule has 0 bridgehead atoms. The average molecular weight is 273 g/mol. The topological polar surface area (TPSA) is 127 Å². The molecule has 0 saturated carbocycles. The highest BCUT2D eigenvalue weighted by molar-refractivity contribution is 5.88. The quantitative estimate of drug-likeness (QED) is 0.566. The van der Waals surface area contributed by atoms with Gasteiger partial charge >= 0.3 is 18.0 Å². The van der Waals surface area contributed by atoms with Crippen molar-refractivity contribution in [3.8, 4) is 0 Å². The van der Waals surface area contributed by atoms with Crippen LogP contribution in [0.3, 0.4) is 0 Å². The highest BCUT2D eigenvalue weighted by atomic mass is 16.4. The van der Waals surface area contributed by atoms with Gasteiger partial charge in [-0.3, -0.25) is 14.4 Å². The lowest BCUT2D eigenvalue weighted by Gasteiger charge is -2.26. The highest BCUT2D eigenvalue weighted by Gasteiger charge is 2.27. The SMILES string of the molecule is O=C(O)CN(CC(=O)O)C(=O)N1CCCNC(=O)C1. The van der Waals surface area contributed by atoms with Crippen LogP contribution in [0.25, 0.3) is 0 Å². The van der Waals surface area contributed by atoms with Crippen LogP contribution in [0.4, 0.5) is 4.79 Å². The first-order valence-electron chi connectivity index (χ1n) is 5.64. The van der Waals surface area contributed by atoms with Crippen LogP contribution in [-0.4, -0.2) is 76.6 Å². The van der Waals surface area contributed by atoms with E-state index >= 15 is 0 Å². The molecule has 0 aromatic heterocycles. The Morgan fingerprint density at radius 3 is 2.32 bits per heavy atom. The Hall–Kier alpha value is -2.32. The molecule has 1 aliphatic heterocycles. The number of carboxylic acid groups (broad SMARTS) is 2. The maximum Gasteiger partial charge on any atom is 0.323 e. The first-order valence-corrected chi connectivity index (χ1v) is 5.64. The number of nitrogens with zero attached hydrogens (tertiary/aromatic N) is 2. The molecule has 1 saturated heterocycles. The summed E-state index contributed by atoms with van der Waals surface area (Å²) in [6, 6.07) is -0.762. The molecule has 1 fully saturated rings. The molecule has 0 radical (unpaired) electrons. The Bertz CT molecular complexity index is 381. The van der Waals surface area contributed by atoms with E-state index in [1.807, 2.05) is 0 Å². The van der Waals surface area contributed by atoms with Gasteiger partial charge in [-0.1, -0.05) is 0 Å². The molecule has 0 unspecified atom stereocenters. The first kappa shape index (κ1) is 14.7. The normalized spacial score (nSPS) is 15.4. The van der Waals surface area contributed by atoms with Crippen molar-refractivity contribution in [1.82, 2.24) is 15.1 Å². The van der Waals surface area contributed by atoms with E-state index in [4.69, 9.17) is 10.2 Å². The minimum atomic E-state index is -1.31. The summed E-state index contributed by atoms with van der Waals surface area (Å²) in [7, 11) is 0. The van der Waals surface area contributed by atoms with Gasteiger partial charge in [-0.25, -0.2) is 4.79 Å². The number of hydrogen-bond donors (Lipinski definition) is 3. The number of hydrogen-bond acceptors (Lipinski definition) is 4. The molecular formula is C10H15N3O6. The number of amides is 3. The van der Waals surface area contributed by atoms with Crippen LogP contribution in [0.2, 0.25) is 0 Å².